The van der Waals surface area contributed by atoms with Crippen LogP contribution in [0.3, 0.4) is 0 Å². The lowest BCUT2D eigenvalue weighted by molar-refractivity contribution is -0.122. The molecule has 0 amide bonds. The second-order valence-electron chi connectivity index (χ2n) is 9.01. The quantitative estimate of drug-likeness (QED) is 0.650. The molecule has 2 aromatic heterocycles. The first-order valence-electron chi connectivity index (χ1n) is 11.2. The predicted molar refractivity (Wildman–Crippen MR) is 121 cm³/mol. The number of nitrogens with one attached hydrogen (secondary N) is 2. The summed E-state index contributed by atoms with van der Waals surface area (Å²) in [4.78, 5) is 25.3. The van der Waals surface area contributed by atoms with E-state index in [9.17, 15) is 9.18 Å². The smallest absolute Gasteiger partial charge is 0.255 e. The first kappa shape index (κ1) is 23.0. The van der Waals surface area contributed by atoms with Crippen molar-refractivity contribution in [2.24, 2.45) is 11.3 Å². The topological polar surface area (TPSA) is 89.0 Å². The van der Waals surface area contributed by atoms with E-state index >= 15 is 0 Å². The fraction of sp³-hybridized carbons (Fsp3) is 0.565. The van der Waals surface area contributed by atoms with E-state index in [0.29, 0.717) is 48.3 Å². The number of ether oxygens (including phenoxy) is 1. The number of Topliss-reactive ketones (excluding diaryl/α,β-unsaturated/α-hetero) is 1. The molecule has 2 aliphatic rings. The van der Waals surface area contributed by atoms with Gasteiger partial charge in [-0.25, -0.2) is 9.97 Å². The van der Waals surface area contributed by atoms with Crippen molar-refractivity contribution in [3.63, 3.8) is 0 Å². The molecule has 4 heterocycles. The number of anilines is 1. The maximum Gasteiger partial charge on any atom is 0.255 e. The molecule has 2 aromatic rings. The summed E-state index contributed by atoms with van der Waals surface area (Å²) in [5, 5.41) is 6.76. The molecule has 0 spiro atoms. The maximum atomic E-state index is 14.4. The molecule has 0 bridgehead atoms. The van der Waals surface area contributed by atoms with E-state index < -0.39 is 5.95 Å². The molecule has 0 unspecified atom stereocenters. The fourth-order valence-electron chi connectivity index (χ4n) is 4.18. The van der Waals surface area contributed by atoms with Gasteiger partial charge in [-0.3, -0.25) is 9.78 Å². The van der Waals surface area contributed by atoms with Crippen LogP contribution in [-0.2, 0) is 16.0 Å². The molecule has 2 aliphatic heterocycles. The molecule has 32 heavy (non-hydrogen) atoms. The normalized spacial score (nSPS) is 20.7. The Morgan fingerprint density at radius 3 is 2.91 bits per heavy atom. The van der Waals surface area contributed by atoms with Gasteiger partial charge in [0.25, 0.3) is 5.95 Å². The van der Waals surface area contributed by atoms with E-state index in [1.54, 1.807) is 6.07 Å². The molecule has 0 radical (unpaired) electrons. The molecular formula is C23H29ClFN5O2. The molecule has 0 saturated carbocycles. The van der Waals surface area contributed by atoms with Gasteiger partial charge in [-0.05, 0) is 43.7 Å². The summed E-state index contributed by atoms with van der Waals surface area (Å²) in [6, 6.07) is 1.75. The minimum absolute atomic E-state index is 0.0117. The predicted octanol–water partition coefficient (Wildman–Crippen LogP) is 3.67. The van der Waals surface area contributed by atoms with Crippen molar-refractivity contribution in [3.8, 4) is 11.3 Å². The number of hydrogen-bond donors (Lipinski definition) is 2. The molecule has 1 atom stereocenters. The van der Waals surface area contributed by atoms with Crippen LogP contribution in [0.15, 0.2) is 18.5 Å². The number of halogens is 2. The zero-order chi connectivity index (χ0) is 22.6. The Balaban J connectivity index is 1.50. The first-order chi connectivity index (χ1) is 15.4. The third-order valence-corrected chi connectivity index (χ3v) is 6.71. The molecule has 9 heteroatoms. The lowest BCUT2D eigenvalue weighted by Gasteiger charge is -2.33. The van der Waals surface area contributed by atoms with Crippen LogP contribution in [-0.4, -0.2) is 53.6 Å². The minimum Gasteiger partial charge on any atom is -0.381 e. The Morgan fingerprint density at radius 1 is 1.34 bits per heavy atom. The monoisotopic (exact) mass is 461 g/mol. The van der Waals surface area contributed by atoms with E-state index in [-0.39, 0.29) is 29.4 Å². The number of aromatic nitrogens is 3. The first-order valence-corrected chi connectivity index (χ1v) is 11.5. The lowest BCUT2D eigenvalue weighted by atomic mass is 9.82. The highest BCUT2D eigenvalue weighted by molar-refractivity contribution is 6.33. The van der Waals surface area contributed by atoms with Crippen molar-refractivity contribution in [1.82, 2.24) is 20.3 Å². The number of piperidine rings is 1. The molecule has 172 valence electrons. The zero-order valence-electron chi connectivity index (χ0n) is 18.3. The average Bonchev–Trinajstić information content (AvgIpc) is 2.81. The van der Waals surface area contributed by atoms with Crippen LogP contribution in [0.1, 0.15) is 38.3 Å². The molecule has 0 aliphatic carbocycles. The van der Waals surface area contributed by atoms with Crippen LogP contribution in [0.4, 0.5) is 10.2 Å². The number of pyridine rings is 1. The Hall–Kier alpha value is -2.16. The second-order valence-corrected chi connectivity index (χ2v) is 9.42. The van der Waals surface area contributed by atoms with Crippen molar-refractivity contribution < 1.29 is 13.9 Å². The van der Waals surface area contributed by atoms with E-state index in [1.807, 2.05) is 0 Å². The Kier molecular flexibility index (Phi) is 7.33. The van der Waals surface area contributed by atoms with Gasteiger partial charge in [0.2, 0.25) is 0 Å². The van der Waals surface area contributed by atoms with Crippen LogP contribution < -0.4 is 10.6 Å². The Bertz CT molecular complexity index is 961. The highest BCUT2D eigenvalue weighted by Crippen LogP contribution is 2.31. The van der Waals surface area contributed by atoms with Gasteiger partial charge >= 0.3 is 0 Å². The maximum absolute atomic E-state index is 14.4. The van der Waals surface area contributed by atoms with Gasteiger partial charge in [-0.15, -0.1) is 0 Å². The summed E-state index contributed by atoms with van der Waals surface area (Å²) in [7, 11) is 0. The van der Waals surface area contributed by atoms with Crippen molar-refractivity contribution in [1.29, 1.82) is 0 Å². The lowest BCUT2D eigenvalue weighted by Crippen LogP contribution is -2.35. The van der Waals surface area contributed by atoms with E-state index in [2.05, 4.69) is 32.5 Å². The summed E-state index contributed by atoms with van der Waals surface area (Å²) in [6.45, 7) is 5.81. The largest absolute Gasteiger partial charge is 0.381 e. The molecule has 2 N–H and O–H groups in total. The van der Waals surface area contributed by atoms with Gasteiger partial charge < -0.3 is 15.4 Å². The molecular weight excluding hydrogens is 433 g/mol. The third kappa shape index (κ3) is 5.60. The standard InChI is InChI=1S/C23H29ClFN5O2/c1-23(4-7-32-8-5-23)14-29-22-21(25)28-13-19(30-22)17-9-16(27-12-18(17)24)10-20(31)15-3-2-6-26-11-15/h9,12-13,15,26H,2-8,10-11,14H2,1H3,(H,29,30)/t15-/m1/s1. The molecule has 4 rings (SSSR count). The van der Waals surface area contributed by atoms with Gasteiger partial charge in [-0.2, -0.15) is 4.39 Å². The Morgan fingerprint density at radius 2 is 2.16 bits per heavy atom. The third-order valence-electron chi connectivity index (χ3n) is 6.41. The van der Waals surface area contributed by atoms with E-state index in [1.165, 1.54) is 12.4 Å². The van der Waals surface area contributed by atoms with E-state index in [0.717, 1.165) is 32.2 Å². The van der Waals surface area contributed by atoms with Crippen molar-refractivity contribution in [2.75, 3.05) is 38.2 Å². The van der Waals surface area contributed by atoms with Crippen LogP contribution in [0, 0.1) is 17.3 Å². The SMILES string of the molecule is CC1(CNc2nc(-c3cc(CC(=O)[C@@H]4CCCNC4)ncc3Cl)cnc2F)CCOCC1. The van der Waals surface area contributed by atoms with Crippen molar-refractivity contribution in [3.05, 3.63) is 35.1 Å². The number of hydrogen-bond acceptors (Lipinski definition) is 7. The summed E-state index contributed by atoms with van der Waals surface area (Å²) in [6.07, 6.45) is 6.81. The second kappa shape index (κ2) is 10.2. The average molecular weight is 462 g/mol. The number of rotatable bonds is 7. The van der Waals surface area contributed by atoms with Crippen molar-refractivity contribution >= 4 is 23.2 Å². The van der Waals surface area contributed by atoms with Gasteiger partial charge in [-0.1, -0.05) is 18.5 Å². The van der Waals surface area contributed by atoms with Crippen molar-refractivity contribution in [2.45, 2.75) is 39.0 Å². The fourth-order valence-corrected chi connectivity index (χ4v) is 4.38. The summed E-state index contributed by atoms with van der Waals surface area (Å²) >= 11 is 6.38. The number of nitrogens with zero attached hydrogens (tertiary/aromatic N) is 3. The molecule has 2 fully saturated rings. The minimum atomic E-state index is -0.658. The van der Waals surface area contributed by atoms with Gasteiger partial charge in [0.05, 0.1) is 16.9 Å². The highest BCUT2D eigenvalue weighted by atomic mass is 35.5. The van der Waals surface area contributed by atoms with Gasteiger partial charge in [0.15, 0.2) is 5.82 Å². The van der Waals surface area contributed by atoms with Crippen LogP contribution in [0.2, 0.25) is 5.02 Å². The van der Waals surface area contributed by atoms with E-state index in [4.69, 9.17) is 16.3 Å². The summed E-state index contributed by atoms with van der Waals surface area (Å²) < 4.78 is 19.8. The molecule has 0 aromatic carbocycles. The van der Waals surface area contributed by atoms with Crippen LogP contribution >= 0.6 is 11.6 Å². The van der Waals surface area contributed by atoms with Gasteiger partial charge in [0.1, 0.15) is 5.78 Å². The number of ketones is 1. The zero-order valence-corrected chi connectivity index (χ0v) is 19.1. The Labute approximate surface area is 192 Å². The number of carbonyl (C=O) groups excluding carboxylic acids is 1. The van der Waals surface area contributed by atoms with Crippen LogP contribution in [0.5, 0.6) is 0 Å². The van der Waals surface area contributed by atoms with Crippen LogP contribution in [0.25, 0.3) is 11.3 Å². The summed E-state index contributed by atoms with van der Waals surface area (Å²) in [5.74, 6) is -0.392. The summed E-state index contributed by atoms with van der Waals surface area (Å²) in [5.41, 5.74) is 1.65. The number of carbonyl (C=O) groups is 1. The molecule has 7 nitrogen and oxygen atoms in total. The highest BCUT2D eigenvalue weighted by Gasteiger charge is 2.28. The molecule has 2 saturated heterocycles. The van der Waals surface area contributed by atoms with Gasteiger partial charge in [0, 0.05) is 56.1 Å².